The molecule has 0 unspecified atom stereocenters. The molecule has 1 aliphatic carbocycles. The number of benzene rings is 1. The van der Waals surface area contributed by atoms with Crippen LogP contribution in [-0.2, 0) is 12.8 Å². The normalized spacial score (nSPS) is 19.5. The first-order chi connectivity index (χ1) is 11.7. The van der Waals surface area contributed by atoms with E-state index >= 15 is 0 Å². The lowest BCUT2D eigenvalue weighted by Crippen LogP contribution is -2.46. The summed E-state index contributed by atoms with van der Waals surface area (Å²) in [5, 5.41) is 0.616. The minimum absolute atomic E-state index is 0.543. The topological polar surface area (TPSA) is 67.9 Å². The van der Waals surface area contributed by atoms with Gasteiger partial charge in [-0.25, -0.2) is 15.0 Å². The molecule has 0 bridgehead atoms. The SMILES string of the molecule is C[C@H]1CCN1c1nc2c(c(-c3ccc4nc(N)sc4c3)n1)CCC2. The smallest absolute Gasteiger partial charge is 0.226 e. The number of nitrogens with zero attached hydrogens (tertiary/aromatic N) is 4. The van der Waals surface area contributed by atoms with Gasteiger partial charge >= 0.3 is 0 Å². The summed E-state index contributed by atoms with van der Waals surface area (Å²) in [7, 11) is 0. The average molecular weight is 337 g/mol. The summed E-state index contributed by atoms with van der Waals surface area (Å²) in [6.07, 6.45) is 4.53. The van der Waals surface area contributed by atoms with E-state index in [0.29, 0.717) is 11.2 Å². The Balaban J connectivity index is 1.67. The predicted molar refractivity (Wildman–Crippen MR) is 98.5 cm³/mol. The molecule has 1 atom stereocenters. The number of aryl methyl sites for hydroxylation is 1. The Morgan fingerprint density at radius 2 is 2.12 bits per heavy atom. The van der Waals surface area contributed by atoms with Crippen LogP contribution in [0.15, 0.2) is 18.2 Å². The Morgan fingerprint density at radius 1 is 1.21 bits per heavy atom. The number of nitrogens with two attached hydrogens (primary N) is 1. The Bertz CT molecular complexity index is 948. The van der Waals surface area contributed by atoms with Gasteiger partial charge in [-0.05, 0) is 44.7 Å². The lowest BCUT2D eigenvalue weighted by Gasteiger charge is -2.39. The van der Waals surface area contributed by atoms with Crippen molar-refractivity contribution in [3.05, 3.63) is 29.5 Å². The van der Waals surface area contributed by atoms with Crippen LogP contribution >= 0.6 is 11.3 Å². The molecular formula is C18H19N5S. The van der Waals surface area contributed by atoms with Gasteiger partial charge in [0, 0.05) is 29.4 Å². The van der Waals surface area contributed by atoms with Gasteiger partial charge < -0.3 is 10.6 Å². The minimum atomic E-state index is 0.543. The van der Waals surface area contributed by atoms with Crippen LogP contribution in [0.5, 0.6) is 0 Å². The van der Waals surface area contributed by atoms with Crippen LogP contribution in [-0.4, -0.2) is 27.5 Å². The van der Waals surface area contributed by atoms with Crippen molar-refractivity contribution in [2.75, 3.05) is 17.2 Å². The molecule has 1 fully saturated rings. The van der Waals surface area contributed by atoms with Crippen LogP contribution in [0, 0.1) is 0 Å². The third-order valence-electron chi connectivity index (χ3n) is 5.18. The first-order valence-corrected chi connectivity index (χ1v) is 9.33. The van der Waals surface area contributed by atoms with Gasteiger partial charge in [-0.15, -0.1) is 0 Å². The molecule has 0 radical (unpaired) electrons. The molecule has 0 amide bonds. The fourth-order valence-corrected chi connectivity index (χ4v) is 4.46. The second kappa shape index (κ2) is 5.14. The summed E-state index contributed by atoms with van der Waals surface area (Å²) >= 11 is 1.53. The quantitative estimate of drug-likeness (QED) is 0.776. The predicted octanol–water partition coefficient (Wildman–Crippen LogP) is 3.42. The van der Waals surface area contributed by atoms with Crippen LogP contribution in [0.1, 0.15) is 31.0 Å². The van der Waals surface area contributed by atoms with Gasteiger partial charge in [0.25, 0.3) is 0 Å². The third-order valence-corrected chi connectivity index (χ3v) is 6.02. The van der Waals surface area contributed by atoms with E-state index in [2.05, 4.69) is 28.9 Å². The average Bonchev–Trinajstić information content (AvgIpc) is 3.16. The molecule has 3 aromatic rings. The summed E-state index contributed by atoms with van der Waals surface area (Å²) in [4.78, 5) is 16.5. The van der Waals surface area contributed by atoms with E-state index in [-0.39, 0.29) is 0 Å². The van der Waals surface area contributed by atoms with Gasteiger partial charge in [-0.2, -0.15) is 0 Å². The van der Waals surface area contributed by atoms with Crippen molar-refractivity contribution >= 4 is 32.6 Å². The second-order valence-corrected chi connectivity index (χ2v) is 7.78. The van der Waals surface area contributed by atoms with E-state index in [4.69, 9.17) is 15.7 Å². The maximum atomic E-state index is 5.85. The lowest BCUT2D eigenvalue weighted by atomic mass is 10.0. The summed E-state index contributed by atoms with van der Waals surface area (Å²) < 4.78 is 1.12. The van der Waals surface area contributed by atoms with Crippen molar-refractivity contribution < 1.29 is 0 Å². The van der Waals surface area contributed by atoms with Crippen molar-refractivity contribution in [2.45, 2.75) is 38.6 Å². The van der Waals surface area contributed by atoms with E-state index in [9.17, 15) is 0 Å². The molecule has 0 spiro atoms. The van der Waals surface area contributed by atoms with Crippen LogP contribution in [0.25, 0.3) is 21.5 Å². The van der Waals surface area contributed by atoms with E-state index in [1.165, 1.54) is 35.4 Å². The number of nitrogen functional groups attached to an aromatic ring is 1. The van der Waals surface area contributed by atoms with Gasteiger partial charge in [0.1, 0.15) is 0 Å². The number of thiazole rings is 1. The number of fused-ring (bicyclic) bond motifs is 2. The van der Waals surface area contributed by atoms with E-state index in [1.54, 1.807) is 0 Å². The molecule has 3 heterocycles. The molecule has 0 saturated carbocycles. The lowest BCUT2D eigenvalue weighted by molar-refractivity contribution is 0.470. The van der Waals surface area contributed by atoms with Crippen molar-refractivity contribution in [1.29, 1.82) is 0 Å². The van der Waals surface area contributed by atoms with Crippen LogP contribution < -0.4 is 10.6 Å². The first kappa shape index (κ1) is 14.2. The van der Waals surface area contributed by atoms with Crippen LogP contribution in [0.3, 0.4) is 0 Å². The maximum Gasteiger partial charge on any atom is 0.226 e. The molecule has 6 heteroatoms. The van der Waals surface area contributed by atoms with E-state index in [0.717, 1.165) is 46.8 Å². The molecule has 1 aromatic carbocycles. The van der Waals surface area contributed by atoms with Crippen molar-refractivity contribution in [2.24, 2.45) is 0 Å². The largest absolute Gasteiger partial charge is 0.375 e. The Hall–Kier alpha value is -2.21. The van der Waals surface area contributed by atoms with Gasteiger partial charge in [-0.3, -0.25) is 0 Å². The van der Waals surface area contributed by atoms with Gasteiger partial charge in [0.15, 0.2) is 5.13 Å². The molecule has 2 aliphatic rings. The van der Waals surface area contributed by atoms with Crippen molar-refractivity contribution in [3.63, 3.8) is 0 Å². The molecule has 2 N–H and O–H groups in total. The summed E-state index contributed by atoms with van der Waals surface area (Å²) in [6.45, 7) is 3.30. The fraction of sp³-hybridized carbons (Fsp3) is 0.389. The number of aromatic nitrogens is 3. The Labute approximate surface area is 144 Å². The summed E-state index contributed by atoms with van der Waals surface area (Å²) in [5.74, 6) is 0.897. The molecular weight excluding hydrogens is 318 g/mol. The Morgan fingerprint density at radius 3 is 2.92 bits per heavy atom. The monoisotopic (exact) mass is 337 g/mol. The molecule has 5 nitrogen and oxygen atoms in total. The second-order valence-electron chi connectivity index (χ2n) is 6.72. The maximum absolute atomic E-state index is 5.85. The summed E-state index contributed by atoms with van der Waals surface area (Å²) in [5.41, 5.74) is 11.6. The third kappa shape index (κ3) is 2.09. The first-order valence-electron chi connectivity index (χ1n) is 8.52. The highest BCUT2D eigenvalue weighted by atomic mass is 32.1. The molecule has 24 heavy (non-hydrogen) atoms. The number of anilines is 2. The molecule has 5 rings (SSSR count). The Kier molecular flexibility index (Phi) is 3.03. The zero-order valence-electron chi connectivity index (χ0n) is 13.6. The minimum Gasteiger partial charge on any atom is -0.375 e. The molecule has 2 aromatic heterocycles. The number of hydrogen-bond acceptors (Lipinski definition) is 6. The number of rotatable bonds is 2. The van der Waals surface area contributed by atoms with Crippen molar-refractivity contribution in [1.82, 2.24) is 15.0 Å². The van der Waals surface area contributed by atoms with E-state index in [1.807, 2.05) is 6.07 Å². The molecule has 1 aliphatic heterocycles. The van der Waals surface area contributed by atoms with Gasteiger partial charge in [0.2, 0.25) is 5.95 Å². The van der Waals surface area contributed by atoms with E-state index < -0.39 is 0 Å². The molecule has 1 saturated heterocycles. The van der Waals surface area contributed by atoms with Gasteiger partial charge in [0.05, 0.1) is 15.9 Å². The number of hydrogen-bond donors (Lipinski definition) is 1. The fourth-order valence-electron chi connectivity index (χ4n) is 3.69. The van der Waals surface area contributed by atoms with Gasteiger partial charge in [-0.1, -0.05) is 17.4 Å². The highest BCUT2D eigenvalue weighted by Gasteiger charge is 2.29. The zero-order chi connectivity index (χ0) is 16.3. The van der Waals surface area contributed by atoms with Crippen LogP contribution in [0.2, 0.25) is 0 Å². The highest BCUT2D eigenvalue weighted by molar-refractivity contribution is 7.22. The zero-order valence-corrected chi connectivity index (χ0v) is 14.4. The standard InChI is InChI=1S/C18H19N5S/c1-10-7-8-23(10)18-21-13-4-2-3-12(13)16(22-18)11-5-6-14-15(9-11)24-17(19)20-14/h5-6,9-10H,2-4,7-8H2,1H3,(H2,19,20)/t10-/m0/s1. The molecule has 122 valence electrons. The highest BCUT2D eigenvalue weighted by Crippen LogP contribution is 2.36. The summed E-state index contributed by atoms with van der Waals surface area (Å²) in [6, 6.07) is 6.88. The van der Waals surface area contributed by atoms with Crippen LogP contribution in [0.4, 0.5) is 11.1 Å². The van der Waals surface area contributed by atoms with Crippen molar-refractivity contribution in [3.8, 4) is 11.3 Å².